The van der Waals surface area contributed by atoms with Crippen LogP contribution in [0, 0.1) is 0 Å². The molecule has 0 heterocycles. The van der Waals surface area contributed by atoms with Crippen LogP contribution in [0.4, 0.5) is 14.5 Å². The van der Waals surface area contributed by atoms with E-state index < -0.39 is 24.6 Å². The molecule has 0 aromatic heterocycles. The van der Waals surface area contributed by atoms with E-state index in [2.05, 4.69) is 10.1 Å². The highest BCUT2D eigenvalue weighted by atomic mass is 35.5. The smallest absolute Gasteiger partial charge is 0.387 e. The van der Waals surface area contributed by atoms with E-state index in [1.54, 1.807) is 18.2 Å². The van der Waals surface area contributed by atoms with Crippen molar-refractivity contribution in [1.82, 2.24) is 0 Å². The first-order chi connectivity index (χ1) is 14.7. The molecular weight excluding hydrogens is 436 g/mol. The summed E-state index contributed by atoms with van der Waals surface area (Å²) < 4.78 is 44.2. The molecule has 0 bridgehead atoms. The summed E-state index contributed by atoms with van der Waals surface area (Å²) in [5, 5.41) is 2.36. The zero-order valence-corrected chi connectivity index (χ0v) is 17.6. The molecule has 7 nitrogen and oxygen atoms in total. The highest BCUT2D eigenvalue weighted by Gasteiger charge is 2.18. The minimum Gasteiger partial charge on any atom is -0.497 e. The number of carbonyl (C=O) groups excluding carboxylic acids is 2. The lowest BCUT2D eigenvalue weighted by atomic mass is 10.1. The Bertz CT molecular complexity index is 967. The van der Waals surface area contributed by atoms with Crippen LogP contribution in [0.2, 0.25) is 5.02 Å². The second kappa shape index (κ2) is 11.2. The third kappa shape index (κ3) is 7.14. The number of ether oxygens (including phenoxy) is 4. The molecule has 1 atom stereocenters. The van der Waals surface area contributed by atoms with E-state index >= 15 is 0 Å². The van der Waals surface area contributed by atoms with Crippen LogP contribution in [0.3, 0.4) is 0 Å². The van der Waals surface area contributed by atoms with Crippen LogP contribution in [-0.4, -0.2) is 38.8 Å². The van der Waals surface area contributed by atoms with Gasteiger partial charge in [-0.15, -0.1) is 0 Å². The summed E-state index contributed by atoms with van der Waals surface area (Å²) in [6, 6.07) is 8.81. The fourth-order valence-corrected chi connectivity index (χ4v) is 2.63. The molecular formula is C21H20ClF2NO6. The molecule has 0 fully saturated rings. The maximum atomic E-state index is 12.3. The minimum absolute atomic E-state index is 0.113. The summed E-state index contributed by atoms with van der Waals surface area (Å²) in [7, 11) is 3.00. The first-order valence-electron chi connectivity index (χ1n) is 8.89. The number of amides is 1. The topological polar surface area (TPSA) is 83.1 Å². The molecule has 0 aliphatic heterocycles. The largest absolute Gasteiger partial charge is 0.497 e. The van der Waals surface area contributed by atoms with Crippen molar-refractivity contribution in [3.63, 3.8) is 0 Å². The van der Waals surface area contributed by atoms with Gasteiger partial charge in [0.15, 0.2) is 6.10 Å². The molecule has 166 valence electrons. The van der Waals surface area contributed by atoms with E-state index in [1.165, 1.54) is 45.4 Å². The predicted octanol–water partition coefficient (Wildman–Crippen LogP) is 4.54. The van der Waals surface area contributed by atoms with Crippen molar-refractivity contribution in [2.24, 2.45) is 0 Å². The van der Waals surface area contributed by atoms with Gasteiger partial charge in [0.1, 0.15) is 17.2 Å². The van der Waals surface area contributed by atoms with Gasteiger partial charge in [-0.25, -0.2) is 4.79 Å². The third-order valence-electron chi connectivity index (χ3n) is 3.91. The zero-order chi connectivity index (χ0) is 23.0. The Kier molecular flexibility index (Phi) is 8.63. The SMILES string of the molecule is COc1ccc(OC)c(/C=C/C(=O)OC(C)C(=O)Nc2ccc(OC(F)F)c(Cl)c2)c1. The molecule has 0 radical (unpaired) electrons. The summed E-state index contributed by atoms with van der Waals surface area (Å²) in [6.45, 7) is -1.65. The number of methoxy groups -OCH3 is 2. The number of alkyl halides is 2. The van der Waals surface area contributed by atoms with Crippen LogP contribution >= 0.6 is 11.6 Å². The summed E-state index contributed by atoms with van der Waals surface area (Å²) in [5.74, 6) is -0.533. The Morgan fingerprint density at radius 1 is 1.06 bits per heavy atom. The van der Waals surface area contributed by atoms with Gasteiger partial charge < -0.3 is 24.3 Å². The number of esters is 1. The van der Waals surface area contributed by atoms with Crippen LogP contribution in [-0.2, 0) is 14.3 Å². The molecule has 2 aromatic rings. The number of benzene rings is 2. The highest BCUT2D eigenvalue weighted by Crippen LogP contribution is 2.29. The standard InChI is InChI=1S/C21H20ClF2NO6/c1-12(20(27)25-14-5-7-18(16(22)11-14)31-21(23)24)30-19(26)9-4-13-10-15(28-2)6-8-17(13)29-3/h4-12,21H,1-3H3,(H,25,27)/b9-4+. The average molecular weight is 456 g/mol. The van der Waals surface area contributed by atoms with E-state index in [0.717, 1.165) is 6.08 Å². The number of hydrogen-bond acceptors (Lipinski definition) is 6. The van der Waals surface area contributed by atoms with Crippen molar-refractivity contribution in [1.29, 1.82) is 0 Å². The van der Waals surface area contributed by atoms with E-state index in [1.807, 2.05) is 0 Å². The van der Waals surface area contributed by atoms with Crippen LogP contribution in [0.5, 0.6) is 17.2 Å². The molecule has 10 heteroatoms. The molecule has 31 heavy (non-hydrogen) atoms. The fraction of sp³-hybridized carbons (Fsp3) is 0.238. The Morgan fingerprint density at radius 3 is 2.39 bits per heavy atom. The predicted molar refractivity (Wildman–Crippen MR) is 111 cm³/mol. The molecule has 2 rings (SSSR count). The maximum Gasteiger partial charge on any atom is 0.387 e. The summed E-state index contributed by atoms with van der Waals surface area (Å²) in [5.41, 5.74) is 0.799. The number of halogens is 3. The minimum atomic E-state index is -3.03. The van der Waals surface area contributed by atoms with Crippen molar-refractivity contribution in [3.8, 4) is 17.2 Å². The lowest BCUT2D eigenvalue weighted by Gasteiger charge is -2.13. The fourth-order valence-electron chi connectivity index (χ4n) is 2.41. The van der Waals surface area contributed by atoms with Gasteiger partial charge >= 0.3 is 12.6 Å². The lowest BCUT2D eigenvalue weighted by molar-refractivity contribution is -0.148. The Morgan fingerprint density at radius 2 is 1.77 bits per heavy atom. The van der Waals surface area contributed by atoms with Crippen molar-refractivity contribution in [3.05, 3.63) is 53.1 Å². The van der Waals surface area contributed by atoms with Gasteiger partial charge in [0.25, 0.3) is 5.91 Å². The third-order valence-corrected chi connectivity index (χ3v) is 4.21. The molecule has 1 N–H and O–H groups in total. The average Bonchev–Trinajstić information content (AvgIpc) is 2.73. The second-order valence-electron chi connectivity index (χ2n) is 6.03. The van der Waals surface area contributed by atoms with Gasteiger partial charge in [0.05, 0.1) is 19.2 Å². The summed E-state index contributed by atoms with van der Waals surface area (Å²) >= 11 is 5.84. The molecule has 0 aliphatic carbocycles. The number of hydrogen-bond donors (Lipinski definition) is 1. The highest BCUT2D eigenvalue weighted by molar-refractivity contribution is 6.32. The van der Waals surface area contributed by atoms with Crippen LogP contribution in [0.25, 0.3) is 6.08 Å². The molecule has 1 unspecified atom stereocenters. The van der Waals surface area contributed by atoms with E-state index in [-0.39, 0.29) is 16.5 Å². The molecule has 1 amide bonds. The van der Waals surface area contributed by atoms with E-state index in [0.29, 0.717) is 17.1 Å². The maximum absolute atomic E-state index is 12.3. The van der Waals surface area contributed by atoms with E-state index in [4.69, 9.17) is 25.8 Å². The van der Waals surface area contributed by atoms with Crippen molar-refractivity contribution < 1.29 is 37.3 Å². The van der Waals surface area contributed by atoms with Gasteiger partial charge in [-0.2, -0.15) is 8.78 Å². The monoisotopic (exact) mass is 455 g/mol. The first-order valence-corrected chi connectivity index (χ1v) is 9.27. The number of nitrogens with one attached hydrogen (secondary N) is 1. The Balaban J connectivity index is 1.97. The second-order valence-corrected chi connectivity index (χ2v) is 6.44. The summed E-state index contributed by atoms with van der Waals surface area (Å²) in [6.07, 6.45) is 1.48. The van der Waals surface area contributed by atoms with Gasteiger partial charge in [-0.1, -0.05) is 11.6 Å². The zero-order valence-electron chi connectivity index (χ0n) is 16.9. The van der Waals surface area contributed by atoms with Gasteiger partial charge in [-0.3, -0.25) is 4.79 Å². The quantitative estimate of drug-likeness (QED) is 0.441. The van der Waals surface area contributed by atoms with Crippen molar-refractivity contribution >= 4 is 35.2 Å². The number of carbonyl (C=O) groups is 2. The molecule has 0 saturated heterocycles. The lowest BCUT2D eigenvalue weighted by Crippen LogP contribution is -2.29. The van der Waals surface area contributed by atoms with Crippen molar-refractivity contribution in [2.75, 3.05) is 19.5 Å². The van der Waals surface area contributed by atoms with Gasteiger partial charge in [0, 0.05) is 17.3 Å². The van der Waals surface area contributed by atoms with Crippen LogP contribution < -0.4 is 19.5 Å². The van der Waals surface area contributed by atoms with Gasteiger partial charge in [0.2, 0.25) is 0 Å². The van der Waals surface area contributed by atoms with Crippen LogP contribution in [0.1, 0.15) is 12.5 Å². The Hall–Kier alpha value is -3.33. The first kappa shape index (κ1) is 23.9. The number of anilines is 1. The number of rotatable bonds is 9. The molecule has 0 spiro atoms. The molecule has 0 saturated carbocycles. The Labute approximate surface area is 182 Å². The van der Waals surface area contributed by atoms with Gasteiger partial charge in [-0.05, 0) is 49.4 Å². The van der Waals surface area contributed by atoms with Crippen LogP contribution in [0.15, 0.2) is 42.5 Å². The van der Waals surface area contributed by atoms with E-state index in [9.17, 15) is 18.4 Å². The molecule has 2 aromatic carbocycles. The normalized spacial score (nSPS) is 11.8. The summed E-state index contributed by atoms with van der Waals surface area (Å²) in [4.78, 5) is 24.3. The van der Waals surface area contributed by atoms with Crippen molar-refractivity contribution in [2.45, 2.75) is 19.6 Å². The molecule has 0 aliphatic rings.